The van der Waals surface area contributed by atoms with Gasteiger partial charge >= 0.3 is 0 Å². The first kappa shape index (κ1) is 15.4. The molecule has 0 aliphatic rings. The zero-order valence-corrected chi connectivity index (χ0v) is 12.7. The molecule has 7 heteroatoms. The Morgan fingerprint density at radius 3 is 2.08 bits per heavy atom. The van der Waals surface area contributed by atoms with Crippen molar-refractivity contribution in [3.05, 3.63) is 59.7 Å². The molecule has 0 radical (unpaired) electrons. The van der Waals surface area contributed by atoms with E-state index in [1.807, 2.05) is 0 Å². The highest BCUT2D eigenvalue weighted by molar-refractivity contribution is 6.03. The highest BCUT2D eigenvalue weighted by atomic mass is 16.3. The molecular weight excluding hydrogens is 310 g/mol. The standard InChI is InChI=1S/C17H13N3O4/c1-20-16(23)12-8-7-11(9-13(12)17(20)24)15(22)19-18-14(21)10-5-3-2-4-6-10/h2-9,23-24H,1H3. The van der Waals surface area contributed by atoms with Gasteiger partial charge in [0.25, 0.3) is 11.8 Å². The molecule has 0 aliphatic carbocycles. The Hall–Kier alpha value is -3.48. The van der Waals surface area contributed by atoms with Gasteiger partial charge in [-0.15, -0.1) is 10.2 Å². The van der Waals surface area contributed by atoms with E-state index in [4.69, 9.17) is 0 Å². The van der Waals surface area contributed by atoms with Crippen LogP contribution in [-0.4, -0.2) is 26.6 Å². The minimum atomic E-state index is -0.719. The molecule has 120 valence electrons. The van der Waals surface area contributed by atoms with Crippen LogP contribution in [-0.2, 0) is 7.05 Å². The van der Waals surface area contributed by atoms with Crippen LogP contribution in [0.5, 0.6) is 11.8 Å². The molecule has 7 nitrogen and oxygen atoms in total. The number of amides is 2. The van der Waals surface area contributed by atoms with E-state index in [9.17, 15) is 19.8 Å². The molecule has 0 spiro atoms. The maximum absolute atomic E-state index is 12.1. The summed E-state index contributed by atoms with van der Waals surface area (Å²) < 4.78 is 1.19. The maximum atomic E-state index is 12.1. The van der Waals surface area contributed by atoms with Crippen LogP contribution < -0.4 is 0 Å². The third-order valence-electron chi connectivity index (χ3n) is 3.64. The molecular formula is C17H13N3O4. The van der Waals surface area contributed by atoms with Gasteiger partial charge in [-0.2, -0.15) is 0 Å². The van der Waals surface area contributed by atoms with Crippen molar-refractivity contribution in [2.75, 3.05) is 0 Å². The van der Waals surface area contributed by atoms with Gasteiger partial charge < -0.3 is 10.2 Å². The van der Waals surface area contributed by atoms with Gasteiger partial charge in [0, 0.05) is 28.9 Å². The number of carbonyl (C=O) groups is 2. The second-order valence-electron chi connectivity index (χ2n) is 5.14. The third kappa shape index (κ3) is 2.63. The number of hydrogen-bond donors (Lipinski definition) is 2. The summed E-state index contributed by atoms with van der Waals surface area (Å²) in [5, 5.41) is 27.3. The molecule has 0 atom stereocenters. The highest BCUT2D eigenvalue weighted by Gasteiger charge is 2.15. The molecule has 3 aromatic rings. The van der Waals surface area contributed by atoms with Crippen molar-refractivity contribution < 1.29 is 19.8 Å². The third-order valence-corrected chi connectivity index (χ3v) is 3.64. The molecule has 0 fully saturated rings. The van der Waals surface area contributed by atoms with E-state index in [1.165, 1.54) is 29.8 Å². The molecule has 0 bridgehead atoms. The summed E-state index contributed by atoms with van der Waals surface area (Å²) in [5.41, 5.74) is 0.475. The van der Waals surface area contributed by atoms with E-state index in [2.05, 4.69) is 10.2 Å². The second-order valence-corrected chi connectivity index (χ2v) is 5.14. The Morgan fingerprint density at radius 2 is 1.42 bits per heavy atom. The molecule has 1 aromatic heterocycles. The van der Waals surface area contributed by atoms with E-state index >= 15 is 0 Å². The van der Waals surface area contributed by atoms with Crippen LogP contribution in [0, 0.1) is 0 Å². The Labute approximate surface area is 136 Å². The van der Waals surface area contributed by atoms with Gasteiger partial charge in [-0.3, -0.25) is 14.2 Å². The Bertz CT molecular complexity index is 974. The van der Waals surface area contributed by atoms with Crippen LogP contribution >= 0.6 is 0 Å². The molecule has 2 aromatic carbocycles. The fourth-order valence-corrected chi connectivity index (χ4v) is 2.31. The number of fused-ring (bicyclic) bond motifs is 1. The van der Waals surface area contributed by atoms with Crippen LogP contribution in [0.3, 0.4) is 0 Å². The number of aromatic nitrogens is 1. The number of benzene rings is 2. The number of rotatable bonds is 2. The van der Waals surface area contributed by atoms with Crippen molar-refractivity contribution in [1.29, 1.82) is 0 Å². The van der Waals surface area contributed by atoms with Gasteiger partial charge in [0.1, 0.15) is 0 Å². The normalized spacial score (nSPS) is 11.2. The fourth-order valence-electron chi connectivity index (χ4n) is 2.31. The zero-order valence-electron chi connectivity index (χ0n) is 12.7. The van der Waals surface area contributed by atoms with Gasteiger partial charge in [0.05, 0.1) is 0 Å². The smallest absolute Gasteiger partial charge is 0.295 e. The molecule has 1 heterocycles. The van der Waals surface area contributed by atoms with Crippen LogP contribution in [0.15, 0.2) is 58.8 Å². The second kappa shape index (κ2) is 5.96. The molecule has 0 saturated heterocycles. The van der Waals surface area contributed by atoms with Crippen molar-refractivity contribution in [3.63, 3.8) is 0 Å². The summed E-state index contributed by atoms with van der Waals surface area (Å²) >= 11 is 0. The maximum Gasteiger partial charge on any atom is 0.295 e. The first-order valence-electron chi connectivity index (χ1n) is 7.05. The SMILES string of the molecule is Cn1c(O)c2ccc(C(=O)N=NC(=O)c3ccccc3)cc2c1O. The van der Waals surface area contributed by atoms with Crippen molar-refractivity contribution in [1.82, 2.24) is 4.57 Å². The van der Waals surface area contributed by atoms with E-state index in [0.29, 0.717) is 16.3 Å². The number of carbonyl (C=O) groups excluding carboxylic acids is 2. The van der Waals surface area contributed by atoms with Crippen molar-refractivity contribution in [3.8, 4) is 11.8 Å². The summed E-state index contributed by atoms with van der Waals surface area (Å²) in [6.07, 6.45) is 0. The summed E-state index contributed by atoms with van der Waals surface area (Å²) in [4.78, 5) is 23.9. The Morgan fingerprint density at radius 1 is 0.833 bits per heavy atom. The van der Waals surface area contributed by atoms with E-state index in [0.717, 1.165) is 0 Å². The summed E-state index contributed by atoms with van der Waals surface area (Å²) in [7, 11) is 1.49. The molecule has 24 heavy (non-hydrogen) atoms. The lowest BCUT2D eigenvalue weighted by Crippen LogP contribution is -1.97. The minimum Gasteiger partial charge on any atom is -0.494 e. The molecule has 0 saturated carbocycles. The number of nitrogens with zero attached hydrogens (tertiary/aromatic N) is 3. The van der Waals surface area contributed by atoms with E-state index in [1.54, 1.807) is 30.3 Å². The monoisotopic (exact) mass is 323 g/mol. The number of hydrogen-bond acceptors (Lipinski definition) is 4. The predicted molar refractivity (Wildman–Crippen MR) is 86.2 cm³/mol. The summed E-state index contributed by atoms with van der Waals surface area (Å²) in [6.45, 7) is 0. The van der Waals surface area contributed by atoms with Gasteiger partial charge in [-0.25, -0.2) is 0 Å². The lowest BCUT2D eigenvalue weighted by molar-refractivity contribution is 0.0947. The average molecular weight is 323 g/mol. The first-order valence-corrected chi connectivity index (χ1v) is 7.05. The fraction of sp³-hybridized carbons (Fsp3) is 0.0588. The van der Waals surface area contributed by atoms with Gasteiger partial charge in [0.15, 0.2) is 0 Å². The Balaban J connectivity index is 1.88. The molecule has 3 rings (SSSR count). The minimum absolute atomic E-state index is 0.109. The van der Waals surface area contributed by atoms with Crippen LogP contribution in [0.25, 0.3) is 10.8 Å². The summed E-state index contributed by atoms with van der Waals surface area (Å²) in [5.74, 6) is -1.62. The first-order chi connectivity index (χ1) is 11.5. The topological polar surface area (TPSA) is 104 Å². The van der Waals surface area contributed by atoms with Crippen LogP contribution in [0.4, 0.5) is 0 Å². The quantitative estimate of drug-likeness (QED) is 0.707. The van der Waals surface area contributed by atoms with Gasteiger partial charge in [0.2, 0.25) is 11.8 Å². The van der Waals surface area contributed by atoms with Crippen molar-refractivity contribution in [2.45, 2.75) is 0 Å². The average Bonchev–Trinajstić information content (AvgIpc) is 2.84. The van der Waals surface area contributed by atoms with E-state index in [-0.39, 0.29) is 17.3 Å². The molecule has 0 aliphatic heterocycles. The Kier molecular flexibility index (Phi) is 3.83. The van der Waals surface area contributed by atoms with Crippen LogP contribution in [0.2, 0.25) is 0 Å². The van der Waals surface area contributed by atoms with Crippen LogP contribution in [0.1, 0.15) is 20.7 Å². The summed E-state index contributed by atoms with van der Waals surface area (Å²) in [6, 6.07) is 12.6. The lowest BCUT2D eigenvalue weighted by atomic mass is 10.1. The number of aromatic hydroxyl groups is 2. The highest BCUT2D eigenvalue weighted by Crippen LogP contribution is 2.35. The number of azo groups is 1. The molecule has 2 N–H and O–H groups in total. The van der Waals surface area contributed by atoms with Crippen molar-refractivity contribution >= 4 is 22.6 Å². The molecule has 0 unspecified atom stereocenters. The van der Waals surface area contributed by atoms with Gasteiger partial charge in [-0.05, 0) is 30.3 Å². The van der Waals surface area contributed by atoms with Crippen molar-refractivity contribution in [2.24, 2.45) is 17.3 Å². The largest absolute Gasteiger partial charge is 0.494 e. The zero-order chi connectivity index (χ0) is 17.3. The lowest BCUT2D eigenvalue weighted by Gasteiger charge is -1.96. The van der Waals surface area contributed by atoms with E-state index < -0.39 is 11.8 Å². The molecule has 2 amide bonds. The van der Waals surface area contributed by atoms with Gasteiger partial charge in [-0.1, -0.05) is 18.2 Å². The predicted octanol–water partition coefficient (Wildman–Crippen LogP) is 3.02.